The predicted molar refractivity (Wildman–Crippen MR) is 87.5 cm³/mol. The van der Waals surface area contributed by atoms with E-state index in [1.165, 1.54) is 6.07 Å². The number of halogens is 2. The van der Waals surface area contributed by atoms with Crippen LogP contribution in [0.2, 0.25) is 0 Å². The van der Waals surface area contributed by atoms with Crippen LogP contribution in [0.15, 0.2) is 18.2 Å². The predicted octanol–water partition coefficient (Wildman–Crippen LogP) is 2.62. The smallest absolute Gasteiger partial charge is 0.272 e. The average molecular weight is 346 g/mol. The van der Waals surface area contributed by atoms with Gasteiger partial charge in [0.2, 0.25) is 0 Å². The largest absolute Gasteiger partial charge is 0.339 e. The third-order valence-electron chi connectivity index (χ3n) is 3.98. The molecule has 23 heavy (non-hydrogen) atoms. The van der Waals surface area contributed by atoms with Gasteiger partial charge < -0.3 is 10.2 Å². The van der Waals surface area contributed by atoms with Crippen molar-refractivity contribution in [1.82, 2.24) is 10.2 Å². The van der Waals surface area contributed by atoms with Gasteiger partial charge in [-0.25, -0.2) is 4.39 Å². The van der Waals surface area contributed by atoms with E-state index < -0.39 is 16.6 Å². The van der Waals surface area contributed by atoms with E-state index in [4.69, 9.17) is 0 Å². The van der Waals surface area contributed by atoms with Gasteiger partial charge in [0.25, 0.3) is 11.6 Å². The lowest BCUT2D eigenvalue weighted by Gasteiger charge is -2.32. The highest BCUT2D eigenvalue weighted by Crippen LogP contribution is 2.22. The molecule has 1 fully saturated rings. The minimum Gasteiger partial charge on any atom is -0.339 e. The van der Waals surface area contributed by atoms with Crippen molar-refractivity contribution in [1.29, 1.82) is 0 Å². The SMILES string of the molecule is CCNCC1CCN(C(=O)c2ccc([N+](=O)[O-])cc2F)CC1.Cl. The van der Waals surface area contributed by atoms with E-state index in [0.29, 0.717) is 19.0 Å². The van der Waals surface area contributed by atoms with Crippen molar-refractivity contribution in [2.45, 2.75) is 19.8 Å². The lowest BCUT2D eigenvalue weighted by atomic mass is 9.96. The van der Waals surface area contributed by atoms with Crippen molar-refractivity contribution in [2.75, 3.05) is 26.2 Å². The first-order valence-electron chi connectivity index (χ1n) is 7.46. The molecule has 0 aliphatic carbocycles. The van der Waals surface area contributed by atoms with Crippen molar-refractivity contribution in [3.63, 3.8) is 0 Å². The Balaban J connectivity index is 0.00000264. The first-order chi connectivity index (χ1) is 10.5. The van der Waals surface area contributed by atoms with E-state index in [1.54, 1.807) is 4.90 Å². The fourth-order valence-corrected chi connectivity index (χ4v) is 2.65. The minimum atomic E-state index is -0.839. The van der Waals surface area contributed by atoms with Gasteiger partial charge in [-0.3, -0.25) is 14.9 Å². The molecule has 0 atom stereocenters. The van der Waals surface area contributed by atoms with Crippen LogP contribution in [-0.2, 0) is 0 Å². The summed E-state index contributed by atoms with van der Waals surface area (Å²) in [7, 11) is 0. The molecule has 6 nitrogen and oxygen atoms in total. The highest BCUT2D eigenvalue weighted by atomic mass is 35.5. The van der Waals surface area contributed by atoms with Crippen molar-refractivity contribution < 1.29 is 14.1 Å². The number of rotatable bonds is 5. The molecule has 1 heterocycles. The molecule has 0 spiro atoms. The fourth-order valence-electron chi connectivity index (χ4n) is 2.65. The number of amides is 1. The molecule has 128 valence electrons. The van der Waals surface area contributed by atoms with Crippen LogP contribution in [-0.4, -0.2) is 41.9 Å². The van der Waals surface area contributed by atoms with Crippen LogP contribution in [0.25, 0.3) is 0 Å². The van der Waals surface area contributed by atoms with Crippen molar-refractivity contribution in [2.24, 2.45) is 5.92 Å². The standard InChI is InChI=1S/C15H20FN3O3.ClH/c1-2-17-10-11-5-7-18(8-6-11)15(20)13-4-3-12(19(21)22)9-14(13)16;/h3-4,9,11,17H,2,5-8,10H2,1H3;1H. The lowest BCUT2D eigenvalue weighted by Crippen LogP contribution is -2.41. The maximum absolute atomic E-state index is 13.9. The Kier molecular flexibility index (Phi) is 7.38. The van der Waals surface area contributed by atoms with Gasteiger partial charge in [-0.15, -0.1) is 12.4 Å². The minimum absolute atomic E-state index is 0. The molecule has 0 unspecified atom stereocenters. The molecule has 1 saturated heterocycles. The van der Waals surface area contributed by atoms with Gasteiger partial charge in [-0.05, 0) is 37.9 Å². The molecular weight excluding hydrogens is 325 g/mol. The molecule has 8 heteroatoms. The number of carbonyl (C=O) groups is 1. The summed E-state index contributed by atoms with van der Waals surface area (Å²) in [6, 6.07) is 3.15. The third kappa shape index (κ3) is 4.87. The van der Waals surface area contributed by atoms with Crippen LogP contribution in [0.4, 0.5) is 10.1 Å². The molecule has 0 aromatic heterocycles. The number of nitrogens with zero attached hydrogens (tertiary/aromatic N) is 2. The van der Waals surface area contributed by atoms with Crippen molar-refractivity contribution in [3.05, 3.63) is 39.7 Å². The normalized spacial score (nSPS) is 15.1. The van der Waals surface area contributed by atoms with Crippen LogP contribution < -0.4 is 5.32 Å². The Bertz CT molecular complexity index is 563. The van der Waals surface area contributed by atoms with Crippen molar-refractivity contribution in [3.8, 4) is 0 Å². The van der Waals surface area contributed by atoms with E-state index in [9.17, 15) is 19.3 Å². The van der Waals surface area contributed by atoms with E-state index in [0.717, 1.165) is 38.1 Å². The van der Waals surface area contributed by atoms with E-state index in [-0.39, 0.29) is 23.7 Å². The molecule has 0 saturated carbocycles. The monoisotopic (exact) mass is 345 g/mol. The number of benzene rings is 1. The third-order valence-corrected chi connectivity index (χ3v) is 3.98. The number of nitro groups is 1. The number of carbonyl (C=O) groups excluding carboxylic acids is 1. The number of hydrogen-bond acceptors (Lipinski definition) is 4. The van der Waals surface area contributed by atoms with Gasteiger partial charge in [0.05, 0.1) is 16.6 Å². The van der Waals surface area contributed by atoms with Gasteiger partial charge in [0.1, 0.15) is 5.82 Å². The topological polar surface area (TPSA) is 75.5 Å². The molecule has 0 bridgehead atoms. The van der Waals surface area contributed by atoms with Gasteiger partial charge in [-0.1, -0.05) is 6.92 Å². The number of likely N-dealkylation sites (tertiary alicyclic amines) is 1. The summed E-state index contributed by atoms with van der Waals surface area (Å²) < 4.78 is 13.9. The van der Waals surface area contributed by atoms with Gasteiger partial charge >= 0.3 is 0 Å². The Morgan fingerprint density at radius 2 is 2.09 bits per heavy atom. The Hall–Kier alpha value is -1.73. The summed E-state index contributed by atoms with van der Waals surface area (Å²) in [4.78, 5) is 23.9. The lowest BCUT2D eigenvalue weighted by molar-refractivity contribution is -0.385. The molecule has 1 amide bonds. The summed E-state index contributed by atoms with van der Waals surface area (Å²) in [5.41, 5.74) is -0.450. The summed E-state index contributed by atoms with van der Waals surface area (Å²) in [6.45, 7) is 5.09. The number of hydrogen-bond donors (Lipinski definition) is 1. The second-order valence-electron chi connectivity index (χ2n) is 5.46. The molecule has 2 rings (SSSR count). The van der Waals surface area contributed by atoms with Crippen LogP contribution in [0.3, 0.4) is 0 Å². The first kappa shape index (κ1) is 19.3. The number of piperidine rings is 1. The summed E-state index contributed by atoms with van der Waals surface area (Å²) in [5, 5.41) is 13.9. The number of non-ortho nitro benzene ring substituents is 1. The highest BCUT2D eigenvalue weighted by molar-refractivity contribution is 5.94. The molecule has 0 radical (unpaired) electrons. The quantitative estimate of drug-likeness (QED) is 0.657. The molecule has 1 aliphatic rings. The second kappa shape index (κ2) is 8.79. The van der Waals surface area contributed by atoms with Crippen molar-refractivity contribution >= 4 is 24.0 Å². The zero-order valence-corrected chi connectivity index (χ0v) is 13.8. The molecule has 1 aromatic rings. The summed E-state index contributed by atoms with van der Waals surface area (Å²) in [5.74, 6) is -0.700. The van der Waals surface area contributed by atoms with E-state index >= 15 is 0 Å². The van der Waals surface area contributed by atoms with Crippen LogP contribution in [0, 0.1) is 21.8 Å². The number of nitrogens with one attached hydrogen (secondary N) is 1. The molecule has 1 aromatic carbocycles. The second-order valence-corrected chi connectivity index (χ2v) is 5.46. The van der Waals surface area contributed by atoms with Crippen LogP contribution >= 0.6 is 12.4 Å². The van der Waals surface area contributed by atoms with Gasteiger partial charge in [0.15, 0.2) is 0 Å². The Morgan fingerprint density at radius 1 is 1.43 bits per heavy atom. The molecular formula is C15H21ClFN3O3. The van der Waals surface area contributed by atoms with E-state index in [2.05, 4.69) is 12.2 Å². The molecule has 1 aliphatic heterocycles. The Morgan fingerprint density at radius 3 is 2.61 bits per heavy atom. The Labute approximate surface area is 140 Å². The maximum Gasteiger partial charge on any atom is 0.272 e. The zero-order chi connectivity index (χ0) is 16.1. The summed E-state index contributed by atoms with van der Waals surface area (Å²) >= 11 is 0. The van der Waals surface area contributed by atoms with Crippen LogP contribution in [0.5, 0.6) is 0 Å². The fraction of sp³-hybridized carbons (Fsp3) is 0.533. The van der Waals surface area contributed by atoms with Gasteiger partial charge in [0, 0.05) is 19.2 Å². The first-order valence-corrected chi connectivity index (χ1v) is 7.46. The average Bonchev–Trinajstić information content (AvgIpc) is 2.52. The summed E-state index contributed by atoms with van der Waals surface area (Å²) in [6.07, 6.45) is 1.76. The van der Waals surface area contributed by atoms with Crippen LogP contribution in [0.1, 0.15) is 30.1 Å². The maximum atomic E-state index is 13.9. The highest BCUT2D eigenvalue weighted by Gasteiger charge is 2.25. The molecule has 1 N–H and O–H groups in total. The van der Waals surface area contributed by atoms with Gasteiger partial charge in [-0.2, -0.15) is 0 Å². The van der Waals surface area contributed by atoms with E-state index in [1.807, 2.05) is 0 Å². The number of nitro benzene ring substituents is 1. The zero-order valence-electron chi connectivity index (χ0n) is 13.0.